The molecule has 1 fully saturated rings. The molecule has 0 aromatic heterocycles. The molecule has 0 heterocycles. The molecule has 3 heteroatoms. The molecule has 1 aliphatic carbocycles. The summed E-state index contributed by atoms with van der Waals surface area (Å²) in [5, 5.41) is 9.55. The average molecular weight is 306 g/mol. The summed E-state index contributed by atoms with van der Waals surface area (Å²) >= 11 is 3.40. The van der Waals surface area contributed by atoms with Gasteiger partial charge >= 0.3 is 0 Å². The van der Waals surface area contributed by atoms with Gasteiger partial charge in [-0.15, -0.1) is 0 Å². The van der Waals surface area contributed by atoms with E-state index in [0.29, 0.717) is 6.42 Å². The van der Waals surface area contributed by atoms with Gasteiger partial charge in [0.05, 0.1) is 6.07 Å². The van der Waals surface area contributed by atoms with Gasteiger partial charge in [0, 0.05) is 16.8 Å². The third kappa shape index (κ3) is 1.71. The zero-order valence-corrected chi connectivity index (χ0v) is 12.4. The van der Waals surface area contributed by atoms with E-state index >= 15 is 0 Å². The third-order valence-electron chi connectivity index (χ3n) is 3.98. The molecule has 0 unspecified atom stereocenters. The smallest absolute Gasteiger partial charge is 0.154 e. The van der Waals surface area contributed by atoms with Gasteiger partial charge in [0.2, 0.25) is 0 Å². The number of ketones is 1. The maximum atomic E-state index is 12.0. The maximum absolute atomic E-state index is 12.0. The zero-order chi connectivity index (χ0) is 13.6. The molecule has 0 aliphatic heterocycles. The molecule has 0 amide bonds. The lowest BCUT2D eigenvalue weighted by Gasteiger charge is -2.51. The van der Waals surface area contributed by atoms with E-state index < -0.39 is 5.41 Å². The van der Waals surface area contributed by atoms with Crippen LogP contribution in [0.1, 0.15) is 38.7 Å². The molecule has 18 heavy (non-hydrogen) atoms. The zero-order valence-electron chi connectivity index (χ0n) is 10.8. The summed E-state index contributed by atoms with van der Waals surface area (Å²) in [6.07, 6.45) is 0.479. The first-order chi connectivity index (χ1) is 8.33. The van der Waals surface area contributed by atoms with Crippen LogP contribution in [-0.4, -0.2) is 5.78 Å². The van der Waals surface area contributed by atoms with E-state index in [0.717, 1.165) is 10.0 Å². The predicted molar refractivity (Wildman–Crippen MR) is 74.0 cm³/mol. The van der Waals surface area contributed by atoms with Gasteiger partial charge < -0.3 is 0 Å². The first-order valence-electron chi connectivity index (χ1n) is 6.03. The highest BCUT2D eigenvalue weighted by molar-refractivity contribution is 9.10. The lowest BCUT2D eigenvalue weighted by molar-refractivity contribution is -0.144. The fourth-order valence-electron chi connectivity index (χ4n) is 2.87. The quantitative estimate of drug-likeness (QED) is 0.785. The number of carbonyl (C=O) groups excluding carboxylic acids is 1. The molecule has 1 aromatic carbocycles. The molecule has 0 spiro atoms. The standard InChI is InChI=1S/C15H16BrNO/c1-14(2,3)15(9-17)12(8-13(15)18)10-4-6-11(16)7-5-10/h4-7,12H,8H2,1-3H3/t12-,15+/m0/s1. The lowest BCUT2D eigenvalue weighted by Crippen LogP contribution is -2.55. The normalized spacial score (nSPS) is 27.5. The van der Waals surface area contributed by atoms with Gasteiger partial charge in [-0.2, -0.15) is 5.26 Å². The van der Waals surface area contributed by atoms with Crippen molar-refractivity contribution < 1.29 is 4.79 Å². The van der Waals surface area contributed by atoms with Crippen LogP contribution >= 0.6 is 15.9 Å². The molecule has 0 N–H and O–H groups in total. The van der Waals surface area contributed by atoms with E-state index in [2.05, 4.69) is 22.0 Å². The van der Waals surface area contributed by atoms with E-state index in [9.17, 15) is 10.1 Å². The van der Waals surface area contributed by atoms with E-state index in [1.165, 1.54) is 0 Å². The van der Waals surface area contributed by atoms with E-state index in [-0.39, 0.29) is 17.1 Å². The van der Waals surface area contributed by atoms with Gasteiger partial charge in [-0.3, -0.25) is 4.79 Å². The monoisotopic (exact) mass is 305 g/mol. The van der Waals surface area contributed by atoms with Crippen molar-refractivity contribution in [2.24, 2.45) is 10.8 Å². The van der Waals surface area contributed by atoms with Gasteiger partial charge in [0.15, 0.2) is 5.78 Å². The van der Waals surface area contributed by atoms with Crippen molar-refractivity contribution in [1.29, 1.82) is 5.26 Å². The topological polar surface area (TPSA) is 40.9 Å². The van der Waals surface area contributed by atoms with Crippen LogP contribution in [0, 0.1) is 22.2 Å². The van der Waals surface area contributed by atoms with Crippen molar-refractivity contribution in [3.63, 3.8) is 0 Å². The second-order valence-corrected chi connectivity index (χ2v) is 6.82. The summed E-state index contributed by atoms with van der Waals surface area (Å²) in [7, 11) is 0. The third-order valence-corrected chi connectivity index (χ3v) is 4.51. The maximum Gasteiger partial charge on any atom is 0.154 e. The highest BCUT2D eigenvalue weighted by Crippen LogP contribution is 2.59. The Bertz CT molecular complexity index is 521. The second-order valence-electron chi connectivity index (χ2n) is 5.90. The Morgan fingerprint density at radius 2 is 1.89 bits per heavy atom. The molecule has 0 saturated heterocycles. The van der Waals surface area contributed by atoms with Crippen molar-refractivity contribution in [2.75, 3.05) is 0 Å². The molecule has 1 aliphatic rings. The number of carbonyl (C=O) groups is 1. The molecule has 2 atom stereocenters. The minimum absolute atomic E-state index is 0.0168. The molecular formula is C15H16BrNO. The average Bonchev–Trinajstić information content (AvgIpc) is 2.26. The Labute approximate surface area is 116 Å². The van der Waals surface area contributed by atoms with Gasteiger partial charge in [-0.05, 0) is 23.1 Å². The minimum Gasteiger partial charge on any atom is -0.298 e. The van der Waals surface area contributed by atoms with Gasteiger partial charge in [-0.25, -0.2) is 0 Å². The second kappa shape index (κ2) is 4.20. The lowest BCUT2D eigenvalue weighted by atomic mass is 9.47. The number of nitriles is 1. The summed E-state index contributed by atoms with van der Waals surface area (Å²) in [4.78, 5) is 12.0. The molecular weight excluding hydrogens is 290 g/mol. The SMILES string of the molecule is CC(C)(C)[C@@]1(C#N)C(=O)C[C@H]1c1ccc(Br)cc1. The van der Waals surface area contributed by atoms with Crippen molar-refractivity contribution in [1.82, 2.24) is 0 Å². The number of hydrogen-bond donors (Lipinski definition) is 0. The Morgan fingerprint density at radius 3 is 2.28 bits per heavy atom. The van der Waals surface area contributed by atoms with Crippen LogP contribution in [0.25, 0.3) is 0 Å². The molecule has 0 bridgehead atoms. The van der Waals surface area contributed by atoms with E-state index in [1.807, 2.05) is 45.0 Å². The Hall–Kier alpha value is -1.14. The van der Waals surface area contributed by atoms with Crippen molar-refractivity contribution >= 4 is 21.7 Å². The van der Waals surface area contributed by atoms with Crippen LogP contribution in [0.15, 0.2) is 28.7 Å². The van der Waals surface area contributed by atoms with E-state index in [4.69, 9.17) is 0 Å². The molecule has 1 aromatic rings. The highest BCUT2D eigenvalue weighted by Gasteiger charge is 2.62. The minimum atomic E-state index is -0.874. The number of hydrogen-bond acceptors (Lipinski definition) is 2. The summed E-state index contributed by atoms with van der Waals surface area (Å²) in [6.45, 7) is 5.91. The summed E-state index contributed by atoms with van der Waals surface area (Å²) in [5.74, 6) is 0.0912. The summed E-state index contributed by atoms with van der Waals surface area (Å²) < 4.78 is 1.01. The Morgan fingerprint density at radius 1 is 1.33 bits per heavy atom. The summed E-state index contributed by atoms with van der Waals surface area (Å²) in [5.41, 5.74) is -0.135. The van der Waals surface area contributed by atoms with Crippen molar-refractivity contribution in [3.05, 3.63) is 34.3 Å². The largest absolute Gasteiger partial charge is 0.298 e. The predicted octanol–water partition coefficient (Wildman–Crippen LogP) is 4.06. The van der Waals surface area contributed by atoms with Crippen LogP contribution in [0.2, 0.25) is 0 Å². The van der Waals surface area contributed by atoms with Gasteiger partial charge in [-0.1, -0.05) is 48.8 Å². The molecule has 2 nitrogen and oxygen atoms in total. The number of rotatable bonds is 1. The molecule has 1 saturated carbocycles. The fraction of sp³-hybridized carbons (Fsp3) is 0.467. The number of Topliss-reactive ketones (excluding diaryl/α,β-unsaturated/α-hetero) is 1. The van der Waals surface area contributed by atoms with Crippen LogP contribution in [0.5, 0.6) is 0 Å². The Balaban J connectivity index is 2.45. The molecule has 2 rings (SSSR count). The van der Waals surface area contributed by atoms with Crippen molar-refractivity contribution in [3.8, 4) is 6.07 Å². The van der Waals surface area contributed by atoms with Gasteiger partial charge in [0.1, 0.15) is 5.41 Å². The van der Waals surface area contributed by atoms with E-state index in [1.54, 1.807) is 0 Å². The Kier molecular flexibility index (Phi) is 3.11. The van der Waals surface area contributed by atoms with Crippen LogP contribution in [-0.2, 0) is 4.79 Å². The number of halogens is 1. The highest BCUT2D eigenvalue weighted by atomic mass is 79.9. The van der Waals surface area contributed by atoms with Crippen LogP contribution in [0.3, 0.4) is 0 Å². The van der Waals surface area contributed by atoms with Crippen LogP contribution in [0.4, 0.5) is 0 Å². The first kappa shape index (κ1) is 13.3. The van der Waals surface area contributed by atoms with Crippen LogP contribution < -0.4 is 0 Å². The number of nitrogens with zero attached hydrogens (tertiary/aromatic N) is 1. The van der Waals surface area contributed by atoms with Crippen molar-refractivity contribution in [2.45, 2.75) is 33.1 Å². The number of benzene rings is 1. The molecule has 0 radical (unpaired) electrons. The first-order valence-corrected chi connectivity index (χ1v) is 6.82. The fourth-order valence-corrected chi connectivity index (χ4v) is 3.14. The molecule has 94 valence electrons. The summed E-state index contributed by atoms with van der Waals surface area (Å²) in [6, 6.07) is 10.2. The van der Waals surface area contributed by atoms with Gasteiger partial charge in [0.25, 0.3) is 0 Å².